The topological polar surface area (TPSA) is 69.7 Å². The number of rotatable bonds is 7. The van der Waals surface area contributed by atoms with Crippen molar-refractivity contribution in [2.45, 2.75) is 152 Å². The van der Waals surface area contributed by atoms with Crippen LogP contribution in [0.25, 0.3) is 0 Å². The SMILES string of the molecule is C=C(C)[C@@H]1CCC2(C=O)CCC3C(CCC4C3(C)CCC3C(C)(C)C(C5=CC6(C5)CC(C(=O)OC(C)C)(C(=O)OC(C)C)C6)=CCC34C)C12. The molecule has 0 saturated heterocycles. The number of ether oxygens (including phenoxy) is 2. The van der Waals surface area contributed by atoms with Gasteiger partial charge < -0.3 is 14.3 Å². The molecule has 5 saturated carbocycles. The third-order valence-electron chi connectivity index (χ3n) is 16.2. The van der Waals surface area contributed by atoms with Crippen molar-refractivity contribution >= 4 is 18.2 Å². The lowest BCUT2D eigenvalue weighted by atomic mass is 9.36. The van der Waals surface area contributed by atoms with Crippen LogP contribution in [0.2, 0.25) is 0 Å². The largest absolute Gasteiger partial charge is 0.462 e. The van der Waals surface area contributed by atoms with Gasteiger partial charge in [0.1, 0.15) is 6.29 Å². The van der Waals surface area contributed by atoms with Gasteiger partial charge in [0.05, 0.1) is 12.2 Å². The molecule has 0 aliphatic heterocycles. The summed E-state index contributed by atoms with van der Waals surface area (Å²) in [4.78, 5) is 39.3. The fraction of sp³-hybridized carbons (Fsp3) is 0.795. The van der Waals surface area contributed by atoms with E-state index in [1.54, 1.807) is 0 Å². The van der Waals surface area contributed by atoms with Gasteiger partial charge in [-0.2, -0.15) is 0 Å². The Hall–Kier alpha value is -2.17. The maximum Gasteiger partial charge on any atom is 0.323 e. The molecule has 7 aliphatic carbocycles. The molecule has 0 aromatic carbocycles. The van der Waals surface area contributed by atoms with Crippen LogP contribution >= 0.6 is 0 Å². The fourth-order valence-electron chi connectivity index (χ4n) is 14.5. The molecule has 7 rings (SSSR count). The molecule has 5 heteroatoms. The van der Waals surface area contributed by atoms with Crippen LogP contribution in [0.3, 0.4) is 0 Å². The standard InChI is InChI=1S/C44H64O5/c1-26(2)30-13-19-43(25-45)20-15-33-31(36(30)43)11-12-35-40(33,9)18-16-34-39(7,8)32(14-17-41(34,35)10)29-21-42(22-29)23-44(24-42,37(46)48-27(3)4)38(47)49-28(5)6/h14,21,25,27-28,30-31,33-36H,1,11-13,15-20,22-24H2,2-10H3/t30-,31?,33?,34?,35?,36?,40?,41?,43?/m0/s1. The predicted molar refractivity (Wildman–Crippen MR) is 193 cm³/mol. The number of allylic oxidation sites excluding steroid dienone is 5. The Kier molecular flexibility index (Phi) is 8.21. The summed E-state index contributed by atoms with van der Waals surface area (Å²) in [6.07, 6.45) is 18.5. The van der Waals surface area contributed by atoms with Gasteiger partial charge in [-0.25, -0.2) is 0 Å². The molecule has 0 aromatic rings. The van der Waals surface area contributed by atoms with Crippen LogP contribution in [0, 0.1) is 68.0 Å². The Labute approximate surface area is 296 Å². The molecule has 9 atom stereocenters. The lowest BCUT2D eigenvalue weighted by Crippen LogP contribution is -2.62. The quantitative estimate of drug-likeness (QED) is 0.117. The summed E-state index contributed by atoms with van der Waals surface area (Å²) in [5.74, 6) is 2.80. The molecular formula is C44H64O5. The molecular weight excluding hydrogens is 608 g/mol. The number of carbonyl (C=O) groups is 3. The monoisotopic (exact) mass is 672 g/mol. The zero-order valence-electron chi connectivity index (χ0n) is 32.1. The zero-order chi connectivity index (χ0) is 35.5. The molecule has 0 N–H and O–H groups in total. The van der Waals surface area contributed by atoms with Gasteiger partial charge in [-0.1, -0.05) is 52.0 Å². The Morgan fingerprint density at radius 3 is 2.04 bits per heavy atom. The molecule has 270 valence electrons. The van der Waals surface area contributed by atoms with Gasteiger partial charge in [-0.3, -0.25) is 9.59 Å². The van der Waals surface area contributed by atoms with Crippen molar-refractivity contribution in [1.82, 2.24) is 0 Å². The molecule has 5 fully saturated rings. The Balaban J connectivity index is 1.12. The Morgan fingerprint density at radius 2 is 1.47 bits per heavy atom. The van der Waals surface area contributed by atoms with Crippen LogP contribution in [0.1, 0.15) is 139 Å². The number of hydrogen-bond acceptors (Lipinski definition) is 5. The van der Waals surface area contributed by atoms with Crippen LogP contribution in [0.4, 0.5) is 0 Å². The van der Waals surface area contributed by atoms with Crippen LogP contribution in [0.5, 0.6) is 0 Å². The molecule has 0 aromatic heterocycles. The summed E-state index contributed by atoms with van der Waals surface area (Å²) in [6, 6.07) is 0. The number of esters is 2. The van der Waals surface area contributed by atoms with Gasteiger partial charge in [-0.05, 0) is 180 Å². The van der Waals surface area contributed by atoms with Crippen LogP contribution < -0.4 is 0 Å². The second-order valence-corrected chi connectivity index (χ2v) is 20.0. The number of carbonyl (C=O) groups excluding carboxylic acids is 3. The Morgan fingerprint density at radius 1 is 0.857 bits per heavy atom. The molecule has 0 bridgehead atoms. The second-order valence-electron chi connectivity index (χ2n) is 20.0. The molecule has 49 heavy (non-hydrogen) atoms. The van der Waals surface area contributed by atoms with Crippen molar-refractivity contribution in [2.24, 2.45) is 68.0 Å². The molecule has 1 spiro atoms. The highest BCUT2D eigenvalue weighted by Gasteiger charge is 2.69. The molecule has 5 nitrogen and oxygen atoms in total. The van der Waals surface area contributed by atoms with Gasteiger partial charge in [-0.15, -0.1) is 0 Å². The van der Waals surface area contributed by atoms with Crippen molar-refractivity contribution in [3.05, 3.63) is 35.5 Å². The third-order valence-corrected chi connectivity index (χ3v) is 16.2. The van der Waals surface area contributed by atoms with Gasteiger partial charge in [0, 0.05) is 5.41 Å². The number of aldehydes is 1. The highest BCUT2D eigenvalue weighted by atomic mass is 16.6. The van der Waals surface area contributed by atoms with Crippen molar-refractivity contribution < 1.29 is 23.9 Å². The molecule has 0 amide bonds. The van der Waals surface area contributed by atoms with Crippen molar-refractivity contribution in [3.8, 4) is 0 Å². The summed E-state index contributed by atoms with van der Waals surface area (Å²) in [6.45, 7) is 24.3. The summed E-state index contributed by atoms with van der Waals surface area (Å²) in [5, 5.41) is 0. The van der Waals surface area contributed by atoms with Crippen LogP contribution in [0.15, 0.2) is 35.5 Å². The van der Waals surface area contributed by atoms with E-state index in [0.717, 1.165) is 32.1 Å². The summed E-state index contributed by atoms with van der Waals surface area (Å²) in [5.41, 5.74) is 3.44. The predicted octanol–water partition coefficient (Wildman–Crippen LogP) is 9.99. The molecule has 0 heterocycles. The highest BCUT2D eigenvalue weighted by molar-refractivity contribution is 6.02. The van der Waals surface area contributed by atoms with E-state index in [1.807, 2.05) is 27.7 Å². The molecule has 8 unspecified atom stereocenters. The van der Waals surface area contributed by atoms with E-state index >= 15 is 0 Å². The highest BCUT2D eigenvalue weighted by Crippen LogP contribution is 2.75. The summed E-state index contributed by atoms with van der Waals surface area (Å²) in [7, 11) is 0. The van der Waals surface area contributed by atoms with Crippen molar-refractivity contribution in [1.29, 1.82) is 0 Å². The average Bonchev–Trinajstić information content (AvgIpc) is 3.37. The van der Waals surface area contributed by atoms with Crippen molar-refractivity contribution in [3.63, 3.8) is 0 Å². The first-order valence-electron chi connectivity index (χ1n) is 19.8. The molecule has 7 aliphatic rings. The zero-order valence-corrected chi connectivity index (χ0v) is 32.1. The summed E-state index contributed by atoms with van der Waals surface area (Å²) >= 11 is 0. The smallest absolute Gasteiger partial charge is 0.323 e. The summed E-state index contributed by atoms with van der Waals surface area (Å²) < 4.78 is 11.2. The lowest BCUT2D eigenvalue weighted by molar-refractivity contribution is -0.194. The van der Waals surface area contributed by atoms with E-state index in [0.29, 0.717) is 53.8 Å². The van der Waals surface area contributed by atoms with Gasteiger partial charge >= 0.3 is 11.9 Å². The van der Waals surface area contributed by atoms with E-state index in [1.165, 1.54) is 55.1 Å². The molecule has 0 radical (unpaired) electrons. The maximum atomic E-state index is 13.3. The van der Waals surface area contributed by atoms with Gasteiger partial charge in [0.2, 0.25) is 0 Å². The van der Waals surface area contributed by atoms with E-state index in [-0.39, 0.29) is 33.9 Å². The normalized spacial score (nSPS) is 42.3. The fourth-order valence-corrected chi connectivity index (χ4v) is 14.5. The maximum absolute atomic E-state index is 13.3. The van der Waals surface area contributed by atoms with Crippen molar-refractivity contribution in [2.75, 3.05) is 0 Å². The van der Waals surface area contributed by atoms with E-state index < -0.39 is 17.4 Å². The number of fused-ring (bicyclic) bond motifs is 7. The lowest BCUT2D eigenvalue weighted by Gasteiger charge is -2.69. The van der Waals surface area contributed by atoms with Gasteiger partial charge in [0.25, 0.3) is 0 Å². The van der Waals surface area contributed by atoms with E-state index in [2.05, 4.69) is 53.3 Å². The average molecular weight is 673 g/mol. The minimum Gasteiger partial charge on any atom is -0.462 e. The first-order chi connectivity index (χ1) is 22.9. The second kappa shape index (κ2) is 11.4. The minimum atomic E-state index is -1.19. The first-order valence-corrected chi connectivity index (χ1v) is 19.8. The first kappa shape index (κ1) is 35.2. The Bertz CT molecular complexity index is 1460. The van der Waals surface area contributed by atoms with Gasteiger partial charge in [0.15, 0.2) is 5.41 Å². The van der Waals surface area contributed by atoms with Crippen LogP contribution in [-0.2, 0) is 23.9 Å². The van der Waals surface area contributed by atoms with Crippen LogP contribution in [-0.4, -0.2) is 30.4 Å². The number of hydrogen-bond donors (Lipinski definition) is 0. The van der Waals surface area contributed by atoms with E-state index in [9.17, 15) is 14.4 Å². The van der Waals surface area contributed by atoms with E-state index in [4.69, 9.17) is 9.47 Å². The third kappa shape index (κ3) is 4.92. The minimum absolute atomic E-state index is 0.0579.